The van der Waals surface area contributed by atoms with Crippen LogP contribution in [0.2, 0.25) is 0 Å². The van der Waals surface area contributed by atoms with Crippen LogP contribution < -0.4 is 0 Å². The van der Waals surface area contributed by atoms with E-state index in [1.165, 1.54) is 42.6 Å². The van der Waals surface area contributed by atoms with Crippen LogP contribution in [0.3, 0.4) is 0 Å². The maximum absolute atomic E-state index is 9.08. The standard InChI is InChI=1S/C31H41N/c1-20-13-22(3)29(23(4)14-20)27-15-24(12-11-21(27)2)28-16-25(17-30(5,6)7)26(19-32-28)18-31(8,9)10/h11-16,19H,17-18H2,1-10H3/i2D3,3D3,4D3,17D2,18D2. The van der Waals surface area contributed by atoms with Crippen molar-refractivity contribution in [2.75, 3.05) is 0 Å². The van der Waals surface area contributed by atoms with Crippen LogP contribution in [0.1, 0.15) is 92.7 Å². The van der Waals surface area contributed by atoms with Crippen molar-refractivity contribution in [1.82, 2.24) is 4.98 Å². The van der Waals surface area contributed by atoms with Crippen LogP contribution in [0, 0.1) is 38.3 Å². The van der Waals surface area contributed by atoms with Gasteiger partial charge in [0.05, 0.1) is 5.69 Å². The lowest BCUT2D eigenvalue weighted by Crippen LogP contribution is -2.16. The Morgan fingerprint density at radius 3 is 1.94 bits per heavy atom. The van der Waals surface area contributed by atoms with Gasteiger partial charge >= 0.3 is 0 Å². The highest BCUT2D eigenvalue weighted by molar-refractivity contribution is 5.78. The van der Waals surface area contributed by atoms with Gasteiger partial charge in [-0.25, -0.2) is 0 Å². The third-order valence-electron chi connectivity index (χ3n) is 4.79. The van der Waals surface area contributed by atoms with Gasteiger partial charge < -0.3 is 0 Å². The first-order valence-corrected chi connectivity index (χ1v) is 10.7. The van der Waals surface area contributed by atoms with Crippen LogP contribution in [-0.2, 0) is 12.7 Å². The molecule has 3 rings (SSSR count). The molecule has 0 aliphatic carbocycles. The predicted octanol–water partition coefficient (Wildman–Crippen LogP) is 8.83. The molecule has 1 heterocycles. The first-order valence-electron chi connectivity index (χ1n) is 17.2. The number of hydrogen-bond donors (Lipinski definition) is 0. The van der Waals surface area contributed by atoms with Gasteiger partial charge in [0, 0.05) is 29.6 Å². The zero-order valence-corrected chi connectivity index (χ0v) is 20.0. The largest absolute Gasteiger partial charge is 0.256 e. The minimum atomic E-state index is -2.78. The van der Waals surface area contributed by atoms with Crippen molar-refractivity contribution in [3.8, 4) is 22.4 Å². The molecule has 1 aromatic heterocycles. The van der Waals surface area contributed by atoms with Crippen LogP contribution in [0.15, 0.2) is 42.6 Å². The molecule has 0 amide bonds. The van der Waals surface area contributed by atoms with E-state index in [1.807, 2.05) is 0 Å². The number of nitrogens with zero attached hydrogens (tertiary/aromatic N) is 1. The fourth-order valence-electron chi connectivity index (χ4n) is 3.61. The molecule has 0 N–H and O–H groups in total. The molecule has 1 nitrogen and oxygen atoms in total. The second-order valence-electron chi connectivity index (χ2n) is 10.4. The molecular weight excluding hydrogens is 386 g/mol. The second-order valence-corrected chi connectivity index (χ2v) is 10.4. The summed E-state index contributed by atoms with van der Waals surface area (Å²) in [6.45, 7) is 3.52. The average molecular weight is 441 g/mol. The maximum Gasteiger partial charge on any atom is 0.0705 e. The number of hydrogen-bond acceptors (Lipinski definition) is 1. The topological polar surface area (TPSA) is 12.9 Å². The van der Waals surface area contributed by atoms with Gasteiger partial charge in [-0.15, -0.1) is 0 Å². The molecule has 0 aliphatic heterocycles. The Morgan fingerprint density at radius 1 is 0.781 bits per heavy atom. The number of pyridine rings is 1. The van der Waals surface area contributed by atoms with Crippen LogP contribution in [-0.4, -0.2) is 4.98 Å². The van der Waals surface area contributed by atoms with Gasteiger partial charge in [-0.3, -0.25) is 4.98 Å². The third-order valence-corrected chi connectivity index (χ3v) is 4.79. The van der Waals surface area contributed by atoms with E-state index in [2.05, 4.69) is 4.98 Å². The molecule has 0 aliphatic rings. The lowest BCUT2D eigenvalue weighted by Gasteiger charge is -2.25. The Labute approximate surface area is 214 Å². The van der Waals surface area contributed by atoms with Gasteiger partial charge in [-0.1, -0.05) is 71.4 Å². The fourth-order valence-corrected chi connectivity index (χ4v) is 3.61. The number of rotatable bonds is 4. The van der Waals surface area contributed by atoms with Gasteiger partial charge in [0.15, 0.2) is 0 Å². The van der Waals surface area contributed by atoms with Crippen LogP contribution in [0.4, 0.5) is 0 Å². The maximum atomic E-state index is 9.08. The molecule has 0 bridgehead atoms. The summed E-state index contributed by atoms with van der Waals surface area (Å²) in [5, 5.41) is 0. The molecule has 0 atom stereocenters. The molecule has 0 radical (unpaired) electrons. The van der Waals surface area contributed by atoms with E-state index in [0.717, 1.165) is 0 Å². The Morgan fingerprint density at radius 2 is 1.38 bits per heavy atom. The van der Waals surface area contributed by atoms with Crippen LogP contribution in [0.5, 0.6) is 0 Å². The molecule has 1 heteroatoms. The Hall–Kier alpha value is -2.41. The van der Waals surface area contributed by atoms with Gasteiger partial charge in [-0.05, 0) is 102 Å². The number of benzene rings is 2. The van der Waals surface area contributed by atoms with Gasteiger partial charge in [0.25, 0.3) is 0 Å². The number of aryl methyl sites for hydroxylation is 4. The summed E-state index contributed by atoms with van der Waals surface area (Å²) in [6, 6.07) is 8.25. The Balaban J connectivity index is 2.53. The molecule has 0 unspecified atom stereocenters. The van der Waals surface area contributed by atoms with E-state index >= 15 is 0 Å². The molecule has 2 aromatic carbocycles. The monoisotopic (exact) mass is 440 g/mol. The normalized spacial score (nSPS) is 20.4. The van der Waals surface area contributed by atoms with Crippen molar-refractivity contribution in [1.29, 1.82) is 0 Å². The van der Waals surface area contributed by atoms with Crippen molar-refractivity contribution in [2.24, 2.45) is 10.8 Å². The lowest BCUT2D eigenvalue weighted by atomic mass is 9.81. The summed E-state index contributed by atoms with van der Waals surface area (Å²) in [5.74, 6) is 0. The lowest BCUT2D eigenvalue weighted by molar-refractivity contribution is 0.392. The van der Waals surface area contributed by atoms with E-state index < -0.39 is 44.1 Å². The SMILES string of the molecule is [2H]C([2H])([2H])c1ccc(-c2cc(C([2H])([2H])C(C)(C)C)c(C([2H])([2H])C(C)(C)C)cn2)cc1-c1c(C([2H])([2H])[2H])cc(C)cc1C([2H])([2H])[2H]. The molecule has 0 saturated carbocycles. The van der Waals surface area contributed by atoms with Crippen molar-refractivity contribution < 1.29 is 17.8 Å². The van der Waals surface area contributed by atoms with Crippen LogP contribution >= 0.6 is 0 Å². The smallest absolute Gasteiger partial charge is 0.0705 e. The van der Waals surface area contributed by atoms with E-state index in [0.29, 0.717) is 5.56 Å². The Kier molecular flexibility index (Phi) is 3.36. The predicted molar refractivity (Wildman–Crippen MR) is 140 cm³/mol. The second kappa shape index (κ2) is 8.85. The van der Waals surface area contributed by atoms with Crippen molar-refractivity contribution >= 4 is 0 Å². The zero-order chi connectivity index (χ0) is 34.9. The third kappa shape index (κ3) is 5.88. The quantitative estimate of drug-likeness (QED) is 0.395. The molecule has 3 aromatic rings. The Bertz CT molecular complexity index is 1540. The molecule has 0 spiro atoms. The van der Waals surface area contributed by atoms with E-state index in [1.54, 1.807) is 48.5 Å². The van der Waals surface area contributed by atoms with E-state index in [4.69, 9.17) is 17.8 Å². The van der Waals surface area contributed by atoms with Crippen LogP contribution in [0.25, 0.3) is 22.4 Å². The average Bonchev–Trinajstić information content (AvgIpc) is 2.84. The molecule has 170 valence electrons. The highest BCUT2D eigenvalue weighted by Crippen LogP contribution is 2.35. The summed E-state index contributed by atoms with van der Waals surface area (Å²) in [6.07, 6.45) is -2.74. The van der Waals surface area contributed by atoms with Gasteiger partial charge in [0.1, 0.15) is 0 Å². The summed E-state index contributed by atoms with van der Waals surface area (Å²) >= 11 is 0. The first kappa shape index (κ1) is 12.2. The summed E-state index contributed by atoms with van der Waals surface area (Å²) in [4.78, 5) is 4.50. The van der Waals surface area contributed by atoms with E-state index in [-0.39, 0.29) is 50.2 Å². The fraction of sp³-hybridized carbons (Fsp3) is 0.452. The summed E-state index contributed by atoms with van der Waals surface area (Å²) < 4.78 is 110. The highest BCUT2D eigenvalue weighted by atomic mass is 14.7. The summed E-state index contributed by atoms with van der Waals surface area (Å²) in [5.41, 5.74) is -2.08. The molecule has 0 fully saturated rings. The van der Waals surface area contributed by atoms with Gasteiger partial charge in [0.2, 0.25) is 0 Å². The van der Waals surface area contributed by atoms with Gasteiger partial charge in [-0.2, -0.15) is 0 Å². The number of aromatic nitrogens is 1. The summed E-state index contributed by atoms with van der Waals surface area (Å²) in [7, 11) is 0. The minimum absolute atomic E-state index is 0.0723. The molecular formula is C31H41N. The zero-order valence-electron chi connectivity index (χ0n) is 33.0. The molecule has 0 saturated heterocycles. The minimum Gasteiger partial charge on any atom is -0.256 e. The van der Waals surface area contributed by atoms with E-state index in [9.17, 15) is 0 Å². The van der Waals surface area contributed by atoms with Crippen molar-refractivity contribution in [2.45, 2.75) is 81.8 Å². The first-order chi connectivity index (χ1) is 19.9. The van der Waals surface area contributed by atoms with Crippen molar-refractivity contribution in [3.05, 3.63) is 76.0 Å². The molecule has 32 heavy (non-hydrogen) atoms. The van der Waals surface area contributed by atoms with Crippen molar-refractivity contribution in [3.63, 3.8) is 0 Å². The highest BCUT2D eigenvalue weighted by Gasteiger charge is 2.20.